The highest BCUT2D eigenvalue weighted by Crippen LogP contribution is 2.34. The quantitative estimate of drug-likeness (QED) is 0.788. The first-order valence-electron chi connectivity index (χ1n) is 5.17. The first-order valence-corrected chi connectivity index (χ1v) is 6.50. The molecule has 2 aromatic heterocycles. The highest BCUT2D eigenvalue weighted by Gasteiger charge is 2.10. The SMILES string of the molecule is Clc1ccc(Oc2cscn2)c(-c2cn[nH]c2)c1. The molecule has 0 saturated heterocycles. The predicted octanol–water partition coefficient (Wildman–Crippen LogP) is 3.98. The van der Waals surface area contributed by atoms with Crippen molar-refractivity contribution in [3.05, 3.63) is 46.5 Å². The Morgan fingerprint density at radius 1 is 1.33 bits per heavy atom. The second-order valence-corrected chi connectivity index (χ2v) is 4.71. The molecule has 90 valence electrons. The van der Waals surface area contributed by atoms with E-state index < -0.39 is 0 Å². The van der Waals surface area contributed by atoms with Gasteiger partial charge < -0.3 is 4.74 Å². The maximum Gasteiger partial charge on any atom is 0.230 e. The fourth-order valence-corrected chi connectivity index (χ4v) is 2.20. The average Bonchev–Trinajstić information content (AvgIpc) is 3.04. The summed E-state index contributed by atoms with van der Waals surface area (Å²) >= 11 is 7.50. The third kappa shape index (κ3) is 2.23. The standard InChI is InChI=1S/C12H8ClN3OS/c13-9-1-2-11(17-12-6-18-7-14-12)10(3-9)8-4-15-16-5-8/h1-7H,(H,15,16). The van der Waals surface area contributed by atoms with Gasteiger partial charge in [-0.15, -0.1) is 11.3 Å². The van der Waals surface area contributed by atoms with Crippen LogP contribution < -0.4 is 4.74 Å². The minimum atomic E-state index is 0.576. The normalized spacial score (nSPS) is 10.5. The number of benzene rings is 1. The van der Waals surface area contributed by atoms with Gasteiger partial charge in [-0.1, -0.05) is 11.6 Å². The Kier molecular flexibility index (Phi) is 3.00. The van der Waals surface area contributed by atoms with Crippen molar-refractivity contribution in [2.75, 3.05) is 0 Å². The van der Waals surface area contributed by atoms with E-state index in [1.54, 1.807) is 24.0 Å². The van der Waals surface area contributed by atoms with Gasteiger partial charge in [0, 0.05) is 22.3 Å². The summed E-state index contributed by atoms with van der Waals surface area (Å²) in [4.78, 5) is 4.10. The second-order valence-electron chi connectivity index (χ2n) is 3.56. The highest BCUT2D eigenvalue weighted by atomic mass is 35.5. The summed E-state index contributed by atoms with van der Waals surface area (Å²) in [5.41, 5.74) is 3.52. The molecule has 0 atom stereocenters. The van der Waals surface area contributed by atoms with Crippen molar-refractivity contribution in [1.29, 1.82) is 0 Å². The van der Waals surface area contributed by atoms with Crippen LogP contribution in [0.25, 0.3) is 11.1 Å². The van der Waals surface area contributed by atoms with Gasteiger partial charge in [0.05, 0.1) is 17.1 Å². The Labute approximate surface area is 112 Å². The van der Waals surface area contributed by atoms with Crippen LogP contribution in [0, 0.1) is 0 Å². The molecule has 2 heterocycles. The Morgan fingerprint density at radius 2 is 2.28 bits per heavy atom. The van der Waals surface area contributed by atoms with E-state index in [1.165, 1.54) is 11.3 Å². The number of aromatic nitrogens is 3. The molecule has 0 aliphatic rings. The summed E-state index contributed by atoms with van der Waals surface area (Å²) in [5, 5.41) is 9.19. The van der Waals surface area contributed by atoms with Crippen molar-refractivity contribution < 1.29 is 4.74 Å². The van der Waals surface area contributed by atoms with Crippen molar-refractivity contribution in [3.8, 4) is 22.8 Å². The van der Waals surface area contributed by atoms with Gasteiger partial charge in [-0.05, 0) is 18.2 Å². The van der Waals surface area contributed by atoms with Gasteiger partial charge in [-0.2, -0.15) is 5.10 Å². The summed E-state index contributed by atoms with van der Waals surface area (Å²) < 4.78 is 5.73. The van der Waals surface area contributed by atoms with E-state index in [2.05, 4.69) is 15.2 Å². The fourth-order valence-electron chi connectivity index (χ4n) is 1.58. The van der Waals surface area contributed by atoms with Crippen LogP contribution in [0.3, 0.4) is 0 Å². The topological polar surface area (TPSA) is 50.8 Å². The number of H-pyrrole nitrogens is 1. The second kappa shape index (κ2) is 4.80. The molecule has 18 heavy (non-hydrogen) atoms. The number of ether oxygens (including phenoxy) is 1. The molecule has 3 aromatic rings. The van der Waals surface area contributed by atoms with Crippen molar-refractivity contribution in [3.63, 3.8) is 0 Å². The van der Waals surface area contributed by atoms with E-state index in [9.17, 15) is 0 Å². The van der Waals surface area contributed by atoms with E-state index in [0.717, 1.165) is 11.1 Å². The lowest BCUT2D eigenvalue weighted by Crippen LogP contribution is -1.87. The summed E-state index contributed by atoms with van der Waals surface area (Å²) in [6.07, 6.45) is 3.51. The van der Waals surface area contributed by atoms with Crippen LogP contribution in [-0.2, 0) is 0 Å². The number of hydrogen-bond donors (Lipinski definition) is 1. The number of thiazole rings is 1. The minimum absolute atomic E-state index is 0.576. The molecule has 6 heteroatoms. The largest absolute Gasteiger partial charge is 0.438 e. The zero-order valence-electron chi connectivity index (χ0n) is 9.13. The maximum absolute atomic E-state index is 6.02. The monoisotopic (exact) mass is 277 g/mol. The maximum atomic E-state index is 6.02. The third-order valence-electron chi connectivity index (χ3n) is 2.38. The highest BCUT2D eigenvalue weighted by molar-refractivity contribution is 7.07. The summed E-state index contributed by atoms with van der Waals surface area (Å²) in [6.45, 7) is 0. The van der Waals surface area contributed by atoms with E-state index in [1.807, 2.05) is 17.5 Å². The molecule has 0 spiro atoms. The molecule has 0 aliphatic carbocycles. The van der Waals surface area contributed by atoms with E-state index in [4.69, 9.17) is 16.3 Å². The fraction of sp³-hybridized carbons (Fsp3) is 0. The predicted molar refractivity (Wildman–Crippen MR) is 71.2 cm³/mol. The van der Waals surface area contributed by atoms with Crippen molar-refractivity contribution in [2.45, 2.75) is 0 Å². The van der Waals surface area contributed by atoms with Gasteiger partial charge in [-0.25, -0.2) is 4.98 Å². The van der Waals surface area contributed by atoms with Gasteiger partial charge in [0.25, 0.3) is 0 Å². The number of aromatic amines is 1. The molecule has 4 nitrogen and oxygen atoms in total. The molecule has 0 unspecified atom stereocenters. The van der Waals surface area contributed by atoms with Crippen LogP contribution in [0.2, 0.25) is 5.02 Å². The van der Waals surface area contributed by atoms with Crippen LogP contribution in [0.1, 0.15) is 0 Å². The third-order valence-corrected chi connectivity index (χ3v) is 3.17. The molecule has 3 rings (SSSR count). The zero-order valence-corrected chi connectivity index (χ0v) is 10.7. The minimum Gasteiger partial charge on any atom is -0.438 e. The Balaban J connectivity index is 2.03. The van der Waals surface area contributed by atoms with Gasteiger partial charge in [-0.3, -0.25) is 5.10 Å². The van der Waals surface area contributed by atoms with E-state index in [-0.39, 0.29) is 0 Å². The van der Waals surface area contributed by atoms with E-state index in [0.29, 0.717) is 16.7 Å². The Bertz CT molecular complexity index is 637. The molecule has 0 aliphatic heterocycles. The molecular formula is C12H8ClN3OS. The van der Waals surface area contributed by atoms with Crippen molar-refractivity contribution in [2.24, 2.45) is 0 Å². The van der Waals surface area contributed by atoms with Crippen LogP contribution in [0.15, 0.2) is 41.5 Å². The van der Waals surface area contributed by atoms with Gasteiger partial charge >= 0.3 is 0 Å². The molecule has 0 amide bonds. The van der Waals surface area contributed by atoms with Crippen molar-refractivity contribution >= 4 is 22.9 Å². The lowest BCUT2D eigenvalue weighted by molar-refractivity contribution is 0.468. The number of hydrogen-bond acceptors (Lipinski definition) is 4. The molecule has 0 bridgehead atoms. The van der Waals surface area contributed by atoms with Crippen LogP contribution in [0.4, 0.5) is 0 Å². The molecule has 1 N–H and O–H groups in total. The molecule has 0 saturated carbocycles. The smallest absolute Gasteiger partial charge is 0.230 e. The van der Waals surface area contributed by atoms with Gasteiger partial charge in [0.15, 0.2) is 0 Å². The number of nitrogens with zero attached hydrogens (tertiary/aromatic N) is 2. The lowest BCUT2D eigenvalue weighted by Gasteiger charge is -2.08. The Hall–Kier alpha value is -1.85. The molecular weight excluding hydrogens is 270 g/mol. The Morgan fingerprint density at radius 3 is 3.00 bits per heavy atom. The average molecular weight is 278 g/mol. The zero-order chi connectivity index (χ0) is 12.4. The van der Waals surface area contributed by atoms with Crippen LogP contribution >= 0.6 is 22.9 Å². The number of halogens is 1. The molecule has 0 radical (unpaired) electrons. The van der Waals surface area contributed by atoms with Crippen molar-refractivity contribution in [1.82, 2.24) is 15.2 Å². The van der Waals surface area contributed by atoms with Crippen LogP contribution in [-0.4, -0.2) is 15.2 Å². The van der Waals surface area contributed by atoms with E-state index >= 15 is 0 Å². The molecule has 1 aromatic carbocycles. The summed E-state index contributed by atoms with van der Waals surface area (Å²) in [5.74, 6) is 1.28. The van der Waals surface area contributed by atoms with Gasteiger partial charge in [0.1, 0.15) is 5.75 Å². The first-order chi connectivity index (χ1) is 8.83. The lowest BCUT2D eigenvalue weighted by atomic mass is 10.1. The first kappa shape index (κ1) is 11.3. The molecule has 0 fully saturated rings. The van der Waals surface area contributed by atoms with Gasteiger partial charge in [0.2, 0.25) is 5.88 Å². The summed E-state index contributed by atoms with van der Waals surface area (Å²) in [6, 6.07) is 5.45. The number of nitrogens with one attached hydrogen (secondary N) is 1. The van der Waals surface area contributed by atoms with Crippen LogP contribution in [0.5, 0.6) is 11.6 Å². The summed E-state index contributed by atoms with van der Waals surface area (Å²) in [7, 11) is 0. The number of rotatable bonds is 3.